The number of fused-ring (bicyclic) bond motifs is 1. The average Bonchev–Trinajstić information content (AvgIpc) is 2.54. The van der Waals surface area contributed by atoms with Crippen molar-refractivity contribution in [3.63, 3.8) is 0 Å². The second kappa shape index (κ2) is 3.67. The van der Waals surface area contributed by atoms with Crippen LogP contribution in [0.25, 0.3) is 10.1 Å². The van der Waals surface area contributed by atoms with E-state index in [1.54, 1.807) is 17.4 Å². The Bertz CT molecular complexity index is 462. The summed E-state index contributed by atoms with van der Waals surface area (Å²) in [5, 5.41) is 1.15. The van der Waals surface area contributed by atoms with Crippen LogP contribution >= 0.6 is 11.3 Å². The molecular formula is C11H12FNS. The number of halogens is 1. The van der Waals surface area contributed by atoms with Crippen LogP contribution in [-0.2, 0) is 13.0 Å². The molecule has 0 aliphatic rings. The number of nitrogens with two attached hydrogens (primary N) is 1. The highest BCUT2D eigenvalue weighted by molar-refractivity contribution is 7.19. The zero-order valence-corrected chi connectivity index (χ0v) is 8.83. The van der Waals surface area contributed by atoms with E-state index in [9.17, 15) is 4.39 Å². The first-order valence-corrected chi connectivity index (χ1v) is 5.47. The van der Waals surface area contributed by atoms with Crippen LogP contribution in [0.15, 0.2) is 18.2 Å². The molecule has 0 radical (unpaired) electrons. The fraction of sp³-hybridized carbons (Fsp3) is 0.273. The maximum absolute atomic E-state index is 13.0. The Morgan fingerprint density at radius 1 is 1.43 bits per heavy atom. The quantitative estimate of drug-likeness (QED) is 0.808. The van der Waals surface area contributed by atoms with Gasteiger partial charge >= 0.3 is 0 Å². The van der Waals surface area contributed by atoms with Gasteiger partial charge in [-0.1, -0.05) is 13.0 Å². The third kappa shape index (κ3) is 1.42. The summed E-state index contributed by atoms with van der Waals surface area (Å²) in [5.74, 6) is -0.176. The maximum atomic E-state index is 13.0. The molecule has 0 unspecified atom stereocenters. The van der Waals surface area contributed by atoms with Crippen LogP contribution in [0.5, 0.6) is 0 Å². The Balaban J connectivity index is 2.73. The number of hydrogen-bond acceptors (Lipinski definition) is 2. The molecule has 14 heavy (non-hydrogen) atoms. The number of benzene rings is 1. The second-order valence-corrected chi connectivity index (χ2v) is 4.34. The van der Waals surface area contributed by atoms with E-state index in [1.807, 2.05) is 6.07 Å². The van der Waals surface area contributed by atoms with Crippen molar-refractivity contribution in [2.24, 2.45) is 5.73 Å². The molecule has 0 aliphatic carbocycles. The highest BCUT2D eigenvalue weighted by atomic mass is 32.1. The van der Waals surface area contributed by atoms with E-state index in [0.29, 0.717) is 6.54 Å². The molecule has 74 valence electrons. The van der Waals surface area contributed by atoms with Crippen molar-refractivity contribution in [1.29, 1.82) is 0 Å². The van der Waals surface area contributed by atoms with Crippen LogP contribution in [0.1, 0.15) is 17.4 Å². The maximum Gasteiger partial charge on any atom is 0.124 e. The fourth-order valence-corrected chi connectivity index (χ4v) is 2.93. The Morgan fingerprint density at radius 3 is 2.86 bits per heavy atom. The molecule has 1 aromatic heterocycles. The highest BCUT2D eigenvalue weighted by Gasteiger charge is 2.09. The lowest BCUT2D eigenvalue weighted by Gasteiger charge is -1.97. The molecule has 2 aromatic rings. The largest absolute Gasteiger partial charge is 0.326 e. The normalized spacial score (nSPS) is 11.1. The standard InChI is InChI=1S/C11H12FNS/c1-2-8-9-4-3-7(12)5-10(9)14-11(8)6-13/h3-5H,2,6,13H2,1H3. The predicted molar refractivity (Wildman–Crippen MR) is 59.1 cm³/mol. The van der Waals surface area contributed by atoms with Crippen molar-refractivity contribution in [2.75, 3.05) is 0 Å². The van der Waals surface area contributed by atoms with Gasteiger partial charge in [-0.3, -0.25) is 0 Å². The summed E-state index contributed by atoms with van der Waals surface area (Å²) in [7, 11) is 0. The Labute approximate surface area is 86.4 Å². The molecule has 0 fully saturated rings. The first-order chi connectivity index (χ1) is 6.76. The van der Waals surface area contributed by atoms with E-state index in [-0.39, 0.29) is 5.82 Å². The molecular weight excluding hydrogens is 197 g/mol. The molecule has 0 saturated heterocycles. The van der Waals surface area contributed by atoms with E-state index >= 15 is 0 Å². The molecule has 0 bridgehead atoms. The molecule has 1 aromatic carbocycles. The van der Waals surface area contributed by atoms with E-state index in [1.165, 1.54) is 16.5 Å². The van der Waals surface area contributed by atoms with Gasteiger partial charge in [0.1, 0.15) is 5.82 Å². The first kappa shape index (κ1) is 9.62. The van der Waals surface area contributed by atoms with Crippen molar-refractivity contribution >= 4 is 21.4 Å². The smallest absolute Gasteiger partial charge is 0.124 e. The van der Waals surface area contributed by atoms with Gasteiger partial charge in [0.05, 0.1) is 0 Å². The van der Waals surface area contributed by atoms with Gasteiger partial charge in [-0.05, 0) is 29.5 Å². The number of hydrogen-bond donors (Lipinski definition) is 1. The lowest BCUT2D eigenvalue weighted by Crippen LogP contribution is -1.96. The van der Waals surface area contributed by atoms with Crippen LogP contribution in [0.3, 0.4) is 0 Å². The molecule has 0 saturated carbocycles. The van der Waals surface area contributed by atoms with Gasteiger partial charge in [0.25, 0.3) is 0 Å². The minimum Gasteiger partial charge on any atom is -0.326 e. The fourth-order valence-electron chi connectivity index (χ4n) is 1.73. The van der Waals surface area contributed by atoms with Gasteiger partial charge in [-0.25, -0.2) is 4.39 Å². The third-order valence-corrected chi connectivity index (χ3v) is 3.59. The molecule has 1 nitrogen and oxygen atoms in total. The average molecular weight is 209 g/mol. The molecule has 1 heterocycles. The summed E-state index contributed by atoms with van der Waals surface area (Å²) >= 11 is 1.60. The predicted octanol–water partition coefficient (Wildman–Crippen LogP) is 3.06. The van der Waals surface area contributed by atoms with Gasteiger partial charge in [0.2, 0.25) is 0 Å². The third-order valence-electron chi connectivity index (χ3n) is 2.38. The van der Waals surface area contributed by atoms with Gasteiger partial charge in [-0.15, -0.1) is 11.3 Å². The highest BCUT2D eigenvalue weighted by Crippen LogP contribution is 2.31. The summed E-state index contributed by atoms with van der Waals surface area (Å²) < 4.78 is 14.0. The minimum atomic E-state index is -0.176. The van der Waals surface area contributed by atoms with Crippen molar-refractivity contribution in [3.8, 4) is 0 Å². The zero-order valence-electron chi connectivity index (χ0n) is 8.01. The van der Waals surface area contributed by atoms with E-state index in [0.717, 1.165) is 16.5 Å². The number of rotatable bonds is 2. The number of thiophene rings is 1. The molecule has 2 N–H and O–H groups in total. The van der Waals surface area contributed by atoms with Crippen molar-refractivity contribution < 1.29 is 4.39 Å². The van der Waals surface area contributed by atoms with Crippen LogP contribution in [-0.4, -0.2) is 0 Å². The monoisotopic (exact) mass is 209 g/mol. The second-order valence-electron chi connectivity index (χ2n) is 3.20. The van der Waals surface area contributed by atoms with Crippen LogP contribution < -0.4 is 5.73 Å². The Morgan fingerprint density at radius 2 is 2.21 bits per heavy atom. The van der Waals surface area contributed by atoms with E-state index in [4.69, 9.17) is 5.73 Å². The summed E-state index contributed by atoms with van der Waals surface area (Å²) in [6, 6.07) is 4.94. The Kier molecular flexibility index (Phi) is 2.52. The minimum absolute atomic E-state index is 0.176. The SMILES string of the molecule is CCc1c(CN)sc2cc(F)ccc12. The molecule has 0 atom stereocenters. The summed E-state index contributed by atoms with van der Waals surface area (Å²) in [6.45, 7) is 2.65. The van der Waals surface area contributed by atoms with E-state index < -0.39 is 0 Å². The topological polar surface area (TPSA) is 26.0 Å². The van der Waals surface area contributed by atoms with Gasteiger partial charge in [0.15, 0.2) is 0 Å². The van der Waals surface area contributed by atoms with Crippen LogP contribution in [0.4, 0.5) is 4.39 Å². The molecule has 0 aliphatic heterocycles. The lowest BCUT2D eigenvalue weighted by molar-refractivity contribution is 0.630. The number of aryl methyl sites for hydroxylation is 1. The van der Waals surface area contributed by atoms with Crippen LogP contribution in [0.2, 0.25) is 0 Å². The zero-order chi connectivity index (χ0) is 10.1. The summed E-state index contributed by atoms with van der Waals surface area (Å²) in [4.78, 5) is 1.17. The van der Waals surface area contributed by atoms with Crippen molar-refractivity contribution in [2.45, 2.75) is 19.9 Å². The van der Waals surface area contributed by atoms with E-state index in [2.05, 4.69) is 6.92 Å². The Hall–Kier alpha value is -0.930. The molecule has 0 spiro atoms. The van der Waals surface area contributed by atoms with Crippen LogP contribution in [0, 0.1) is 5.82 Å². The van der Waals surface area contributed by atoms with Gasteiger partial charge in [-0.2, -0.15) is 0 Å². The molecule has 0 amide bonds. The van der Waals surface area contributed by atoms with Crippen molar-refractivity contribution in [1.82, 2.24) is 0 Å². The van der Waals surface area contributed by atoms with Gasteiger partial charge < -0.3 is 5.73 Å². The molecule has 3 heteroatoms. The summed E-state index contributed by atoms with van der Waals surface area (Å²) in [6.07, 6.45) is 0.957. The first-order valence-electron chi connectivity index (χ1n) is 4.66. The van der Waals surface area contributed by atoms with Gasteiger partial charge in [0, 0.05) is 16.1 Å². The van der Waals surface area contributed by atoms with Crippen molar-refractivity contribution in [3.05, 3.63) is 34.5 Å². The molecule has 2 rings (SSSR count). The summed E-state index contributed by atoms with van der Waals surface area (Å²) in [5.41, 5.74) is 6.92. The lowest BCUT2D eigenvalue weighted by atomic mass is 10.1.